The molecule has 24 heavy (non-hydrogen) atoms. The molecule has 0 bridgehead atoms. The van der Waals surface area contributed by atoms with Crippen LogP contribution in [0.4, 0.5) is 0 Å². The summed E-state index contributed by atoms with van der Waals surface area (Å²) >= 11 is 0. The normalized spacial score (nSPS) is 21.2. The van der Waals surface area contributed by atoms with E-state index >= 15 is 0 Å². The Morgan fingerprint density at radius 1 is 1.08 bits per heavy atom. The quantitative estimate of drug-likeness (QED) is 0.864. The molecule has 1 aliphatic carbocycles. The first-order chi connectivity index (χ1) is 11.8. The topological polar surface area (TPSA) is 51.4 Å². The monoisotopic (exact) mass is 327 g/mol. The van der Waals surface area contributed by atoms with Gasteiger partial charge in [-0.15, -0.1) is 0 Å². The van der Waals surface area contributed by atoms with E-state index in [1.54, 1.807) is 0 Å². The highest BCUT2D eigenvalue weighted by atomic mass is 16.5. The van der Waals surface area contributed by atoms with Crippen LogP contribution in [0.15, 0.2) is 28.8 Å². The fourth-order valence-electron chi connectivity index (χ4n) is 3.96. The molecule has 4 rings (SSSR count). The summed E-state index contributed by atoms with van der Waals surface area (Å²) in [5.41, 5.74) is 2.54. The average Bonchev–Trinajstić information content (AvgIpc) is 3.27. The van der Waals surface area contributed by atoms with Crippen molar-refractivity contribution in [2.24, 2.45) is 0 Å². The van der Waals surface area contributed by atoms with Crippen molar-refractivity contribution in [1.29, 1.82) is 0 Å². The lowest BCUT2D eigenvalue weighted by Crippen LogP contribution is -2.35. The Balaban J connectivity index is 1.59. The van der Waals surface area contributed by atoms with E-state index in [0.29, 0.717) is 0 Å². The third-order valence-corrected chi connectivity index (χ3v) is 5.42. The molecule has 0 N–H and O–H groups in total. The van der Waals surface area contributed by atoms with Gasteiger partial charge in [-0.1, -0.05) is 47.8 Å². The molecule has 2 aliphatic rings. The number of aryl methyl sites for hydroxylation is 1. The lowest BCUT2D eigenvalue weighted by atomic mass is 9.78. The van der Waals surface area contributed by atoms with Crippen molar-refractivity contribution in [2.45, 2.75) is 44.6 Å². The average molecular weight is 327 g/mol. The Bertz CT molecular complexity index is 668. The van der Waals surface area contributed by atoms with Crippen molar-refractivity contribution in [2.75, 3.05) is 26.3 Å². The summed E-state index contributed by atoms with van der Waals surface area (Å²) in [4.78, 5) is 7.11. The van der Waals surface area contributed by atoms with Crippen LogP contribution in [0.3, 0.4) is 0 Å². The summed E-state index contributed by atoms with van der Waals surface area (Å²) in [6.07, 6.45) is 4.65. The van der Waals surface area contributed by atoms with Gasteiger partial charge in [0, 0.05) is 13.1 Å². The van der Waals surface area contributed by atoms with Crippen LogP contribution in [0.1, 0.15) is 48.5 Å². The first kappa shape index (κ1) is 15.8. The van der Waals surface area contributed by atoms with Gasteiger partial charge in [0.25, 0.3) is 0 Å². The van der Waals surface area contributed by atoms with Gasteiger partial charge in [0.1, 0.15) is 0 Å². The molecule has 2 fully saturated rings. The molecule has 1 saturated carbocycles. The number of rotatable bonds is 4. The zero-order valence-electron chi connectivity index (χ0n) is 14.3. The van der Waals surface area contributed by atoms with Gasteiger partial charge in [-0.3, -0.25) is 4.90 Å². The maximum Gasteiger partial charge on any atom is 0.240 e. The smallest absolute Gasteiger partial charge is 0.240 e. The SMILES string of the molecule is Cc1ccc(C2(c3noc(CN4CCOCC4)n3)CCCC2)cc1. The summed E-state index contributed by atoms with van der Waals surface area (Å²) in [7, 11) is 0. The van der Waals surface area contributed by atoms with E-state index < -0.39 is 0 Å². The Morgan fingerprint density at radius 2 is 1.79 bits per heavy atom. The molecule has 5 nitrogen and oxygen atoms in total. The second-order valence-electron chi connectivity index (χ2n) is 7.06. The lowest BCUT2D eigenvalue weighted by Gasteiger charge is -2.26. The molecule has 1 saturated heterocycles. The van der Waals surface area contributed by atoms with Gasteiger partial charge >= 0.3 is 0 Å². The van der Waals surface area contributed by atoms with E-state index in [2.05, 4.69) is 41.2 Å². The van der Waals surface area contributed by atoms with E-state index in [0.717, 1.165) is 57.4 Å². The van der Waals surface area contributed by atoms with Crippen LogP contribution in [0.2, 0.25) is 0 Å². The minimum Gasteiger partial charge on any atom is -0.379 e. The number of ether oxygens (including phenoxy) is 1. The van der Waals surface area contributed by atoms with Gasteiger partial charge < -0.3 is 9.26 Å². The molecular weight excluding hydrogens is 302 g/mol. The maximum atomic E-state index is 5.61. The molecule has 0 spiro atoms. The molecule has 0 atom stereocenters. The van der Waals surface area contributed by atoms with Crippen LogP contribution >= 0.6 is 0 Å². The van der Waals surface area contributed by atoms with Gasteiger partial charge in [0.05, 0.1) is 25.2 Å². The van der Waals surface area contributed by atoms with Crippen LogP contribution < -0.4 is 0 Å². The summed E-state index contributed by atoms with van der Waals surface area (Å²) in [6.45, 7) is 6.28. The second-order valence-corrected chi connectivity index (χ2v) is 7.06. The van der Waals surface area contributed by atoms with Crippen LogP contribution in [0, 0.1) is 6.92 Å². The van der Waals surface area contributed by atoms with Crippen molar-refractivity contribution in [3.8, 4) is 0 Å². The molecule has 1 aromatic carbocycles. The number of morpholine rings is 1. The van der Waals surface area contributed by atoms with Crippen LogP contribution in [0.25, 0.3) is 0 Å². The highest BCUT2D eigenvalue weighted by Gasteiger charge is 2.41. The molecule has 0 radical (unpaired) electrons. The Labute approximate surface area is 143 Å². The van der Waals surface area contributed by atoms with E-state index in [1.807, 2.05) is 0 Å². The van der Waals surface area contributed by atoms with Crippen molar-refractivity contribution in [3.63, 3.8) is 0 Å². The number of nitrogens with zero attached hydrogens (tertiary/aromatic N) is 3. The van der Waals surface area contributed by atoms with Gasteiger partial charge in [-0.2, -0.15) is 4.98 Å². The van der Waals surface area contributed by atoms with Crippen LogP contribution in [-0.4, -0.2) is 41.3 Å². The molecular formula is C19H25N3O2. The van der Waals surface area contributed by atoms with Gasteiger partial charge in [-0.25, -0.2) is 0 Å². The molecule has 0 amide bonds. The van der Waals surface area contributed by atoms with Crippen LogP contribution in [0.5, 0.6) is 0 Å². The van der Waals surface area contributed by atoms with Gasteiger partial charge in [0.2, 0.25) is 5.89 Å². The number of hydrogen-bond donors (Lipinski definition) is 0. The standard InChI is InChI=1S/C19H25N3O2/c1-15-4-6-16(7-5-15)19(8-2-3-9-19)18-20-17(24-21-18)14-22-10-12-23-13-11-22/h4-7H,2-3,8-14H2,1H3. The fraction of sp³-hybridized carbons (Fsp3) is 0.579. The molecule has 0 unspecified atom stereocenters. The minimum atomic E-state index is -0.0690. The van der Waals surface area contributed by atoms with Crippen molar-refractivity contribution in [3.05, 3.63) is 47.1 Å². The number of aromatic nitrogens is 2. The zero-order valence-corrected chi connectivity index (χ0v) is 14.3. The zero-order chi connectivity index (χ0) is 16.4. The second kappa shape index (κ2) is 6.65. The van der Waals surface area contributed by atoms with Crippen LogP contribution in [-0.2, 0) is 16.7 Å². The van der Waals surface area contributed by atoms with Crippen molar-refractivity contribution < 1.29 is 9.26 Å². The van der Waals surface area contributed by atoms with E-state index in [9.17, 15) is 0 Å². The molecule has 5 heteroatoms. The van der Waals surface area contributed by atoms with Gasteiger partial charge in [-0.05, 0) is 25.3 Å². The summed E-state index contributed by atoms with van der Waals surface area (Å²) in [5, 5.41) is 4.39. The molecule has 128 valence electrons. The van der Waals surface area contributed by atoms with Crippen molar-refractivity contribution in [1.82, 2.24) is 15.0 Å². The molecule has 2 heterocycles. The first-order valence-electron chi connectivity index (χ1n) is 8.97. The van der Waals surface area contributed by atoms with Crippen molar-refractivity contribution >= 4 is 0 Å². The Morgan fingerprint density at radius 3 is 2.50 bits per heavy atom. The van der Waals surface area contributed by atoms with Gasteiger partial charge in [0.15, 0.2) is 5.82 Å². The predicted molar refractivity (Wildman–Crippen MR) is 90.8 cm³/mol. The van der Waals surface area contributed by atoms with E-state index in [-0.39, 0.29) is 5.41 Å². The predicted octanol–water partition coefficient (Wildman–Crippen LogP) is 3.07. The van der Waals surface area contributed by atoms with E-state index in [1.165, 1.54) is 24.0 Å². The summed E-state index contributed by atoms with van der Waals surface area (Å²) < 4.78 is 11.0. The molecule has 1 aromatic heterocycles. The highest BCUT2D eigenvalue weighted by Crippen LogP contribution is 2.45. The third kappa shape index (κ3) is 2.98. The third-order valence-electron chi connectivity index (χ3n) is 5.42. The number of hydrogen-bond acceptors (Lipinski definition) is 5. The fourth-order valence-corrected chi connectivity index (χ4v) is 3.96. The highest BCUT2D eigenvalue weighted by molar-refractivity contribution is 5.35. The first-order valence-corrected chi connectivity index (χ1v) is 8.97. The van der Waals surface area contributed by atoms with E-state index in [4.69, 9.17) is 14.2 Å². The Kier molecular flexibility index (Phi) is 4.37. The summed E-state index contributed by atoms with van der Waals surface area (Å²) in [5.74, 6) is 1.59. The molecule has 2 aromatic rings. The maximum absolute atomic E-state index is 5.61. The summed E-state index contributed by atoms with van der Waals surface area (Å²) in [6, 6.07) is 8.84. The number of benzene rings is 1. The minimum absolute atomic E-state index is 0.0690. The largest absolute Gasteiger partial charge is 0.379 e. The lowest BCUT2D eigenvalue weighted by molar-refractivity contribution is 0.0297. The molecule has 1 aliphatic heterocycles. The Hall–Kier alpha value is -1.72.